The summed E-state index contributed by atoms with van der Waals surface area (Å²) < 4.78 is 0. The van der Waals surface area contributed by atoms with E-state index in [1.807, 2.05) is 0 Å². The minimum atomic E-state index is 0.686. The average Bonchev–Trinajstić information content (AvgIpc) is 2.61. The van der Waals surface area contributed by atoms with Gasteiger partial charge in [-0.2, -0.15) is 0 Å². The van der Waals surface area contributed by atoms with Crippen LogP contribution in [-0.2, 0) is 0 Å². The van der Waals surface area contributed by atoms with Crippen molar-refractivity contribution in [3.8, 4) is 0 Å². The molecule has 1 N–H and O–H groups in total. The lowest BCUT2D eigenvalue weighted by molar-refractivity contribution is 0.235. The van der Waals surface area contributed by atoms with Crippen LogP contribution in [0.5, 0.6) is 0 Å². The zero-order chi connectivity index (χ0) is 18.2. The van der Waals surface area contributed by atoms with Crippen LogP contribution in [0.15, 0.2) is 28.4 Å². The lowest BCUT2D eigenvalue weighted by Crippen LogP contribution is -2.28. The van der Waals surface area contributed by atoms with E-state index in [4.69, 9.17) is 4.99 Å². The Balaban J connectivity index is 1.91. The standard InChI is InChI=1S/C23H40N2/c1-17(2)21-13-14-23(18(3)15-21)25-19(4)11-12-22(16-24-5)20-9-7-6-8-10-20/h13-14,17,20-22,24H,6-12,15-16H2,1-5H3. The highest BCUT2D eigenvalue weighted by molar-refractivity contribution is 5.83. The van der Waals surface area contributed by atoms with Gasteiger partial charge in [0, 0.05) is 5.71 Å². The number of hydrogen-bond donors (Lipinski definition) is 1. The highest BCUT2D eigenvalue weighted by Gasteiger charge is 2.23. The number of allylic oxidation sites excluding steroid dienone is 3. The molecule has 0 saturated heterocycles. The van der Waals surface area contributed by atoms with Crippen LogP contribution in [0.4, 0.5) is 0 Å². The molecular weight excluding hydrogens is 304 g/mol. The molecular formula is C23H40N2. The second-order valence-electron chi connectivity index (χ2n) is 8.74. The summed E-state index contributed by atoms with van der Waals surface area (Å²) in [6.45, 7) is 10.3. The number of hydrogen-bond acceptors (Lipinski definition) is 2. The van der Waals surface area contributed by atoms with E-state index in [1.165, 1.54) is 61.9 Å². The van der Waals surface area contributed by atoms with Crippen molar-refractivity contribution in [2.24, 2.45) is 28.7 Å². The molecule has 2 nitrogen and oxygen atoms in total. The lowest BCUT2D eigenvalue weighted by atomic mass is 9.77. The van der Waals surface area contributed by atoms with Crippen LogP contribution in [0.3, 0.4) is 0 Å². The zero-order valence-electron chi connectivity index (χ0n) is 17.3. The quantitative estimate of drug-likeness (QED) is 0.525. The number of rotatable bonds is 8. The van der Waals surface area contributed by atoms with Crippen LogP contribution < -0.4 is 5.32 Å². The summed E-state index contributed by atoms with van der Waals surface area (Å²) in [5.41, 5.74) is 3.98. The van der Waals surface area contributed by atoms with Gasteiger partial charge in [0.05, 0.1) is 5.70 Å². The molecule has 0 aromatic carbocycles. The first-order chi connectivity index (χ1) is 12.0. The Morgan fingerprint density at radius 3 is 2.56 bits per heavy atom. The maximum atomic E-state index is 4.98. The smallest absolute Gasteiger partial charge is 0.0615 e. The van der Waals surface area contributed by atoms with Crippen LogP contribution in [0.1, 0.15) is 79.1 Å². The lowest BCUT2D eigenvalue weighted by Gasteiger charge is -2.30. The maximum Gasteiger partial charge on any atom is 0.0615 e. The minimum absolute atomic E-state index is 0.686. The highest BCUT2D eigenvalue weighted by atomic mass is 14.8. The summed E-state index contributed by atoms with van der Waals surface area (Å²) in [5, 5.41) is 3.43. The van der Waals surface area contributed by atoms with Crippen molar-refractivity contribution in [2.45, 2.75) is 79.1 Å². The molecule has 2 heteroatoms. The first-order valence-electron chi connectivity index (χ1n) is 10.6. The van der Waals surface area contributed by atoms with Crippen molar-refractivity contribution in [3.05, 3.63) is 23.4 Å². The van der Waals surface area contributed by atoms with Crippen molar-refractivity contribution < 1.29 is 0 Å². The molecule has 2 rings (SSSR count). The topological polar surface area (TPSA) is 24.4 Å². The predicted octanol–water partition coefficient (Wildman–Crippen LogP) is 6.15. The fourth-order valence-corrected chi connectivity index (χ4v) is 4.50. The predicted molar refractivity (Wildman–Crippen MR) is 111 cm³/mol. The van der Waals surface area contributed by atoms with E-state index in [9.17, 15) is 0 Å². The van der Waals surface area contributed by atoms with Crippen LogP contribution in [0.25, 0.3) is 0 Å². The van der Waals surface area contributed by atoms with Gasteiger partial charge in [0.1, 0.15) is 0 Å². The second kappa shape index (κ2) is 10.3. The first-order valence-corrected chi connectivity index (χ1v) is 10.6. The van der Waals surface area contributed by atoms with E-state index in [1.54, 1.807) is 0 Å². The van der Waals surface area contributed by atoms with Gasteiger partial charge in [0.2, 0.25) is 0 Å². The largest absolute Gasteiger partial charge is 0.319 e. The summed E-state index contributed by atoms with van der Waals surface area (Å²) in [4.78, 5) is 4.98. The molecule has 2 unspecified atom stereocenters. The summed E-state index contributed by atoms with van der Waals surface area (Å²) >= 11 is 0. The van der Waals surface area contributed by atoms with Gasteiger partial charge in [-0.3, -0.25) is 4.99 Å². The van der Waals surface area contributed by atoms with Gasteiger partial charge >= 0.3 is 0 Å². The molecule has 0 bridgehead atoms. The van der Waals surface area contributed by atoms with E-state index in [2.05, 4.69) is 52.2 Å². The SMILES string of the molecule is CNCC(CCC(C)=NC1=C(C)CC(C(C)C)C=C1)C1CCCCC1. The van der Waals surface area contributed by atoms with E-state index < -0.39 is 0 Å². The Bertz CT molecular complexity index is 492. The summed E-state index contributed by atoms with van der Waals surface area (Å²) in [5.74, 6) is 3.15. The molecule has 0 aromatic heterocycles. The molecule has 25 heavy (non-hydrogen) atoms. The zero-order valence-corrected chi connectivity index (χ0v) is 17.3. The summed E-state index contributed by atoms with van der Waals surface area (Å²) in [6.07, 6.45) is 15.4. The fraction of sp³-hybridized carbons (Fsp3) is 0.783. The third kappa shape index (κ3) is 6.40. The molecule has 0 aromatic rings. The van der Waals surface area contributed by atoms with Gasteiger partial charge in [0.15, 0.2) is 0 Å². The van der Waals surface area contributed by atoms with Crippen LogP contribution >= 0.6 is 0 Å². The van der Waals surface area contributed by atoms with Gasteiger partial charge in [0.25, 0.3) is 0 Å². The van der Waals surface area contributed by atoms with Gasteiger partial charge in [-0.25, -0.2) is 0 Å². The third-order valence-electron chi connectivity index (χ3n) is 6.31. The molecule has 0 radical (unpaired) electrons. The first kappa shape index (κ1) is 20.4. The molecule has 2 aliphatic rings. The van der Waals surface area contributed by atoms with Crippen molar-refractivity contribution in [1.29, 1.82) is 0 Å². The highest BCUT2D eigenvalue weighted by Crippen LogP contribution is 2.33. The fourth-order valence-electron chi connectivity index (χ4n) is 4.50. The molecule has 0 amide bonds. The van der Waals surface area contributed by atoms with Crippen LogP contribution in [0, 0.1) is 23.7 Å². The molecule has 2 aliphatic carbocycles. The number of nitrogens with one attached hydrogen (secondary N) is 1. The normalized spacial score (nSPS) is 24.2. The monoisotopic (exact) mass is 344 g/mol. The van der Waals surface area contributed by atoms with E-state index in [-0.39, 0.29) is 0 Å². The van der Waals surface area contributed by atoms with Gasteiger partial charge in [-0.15, -0.1) is 0 Å². The van der Waals surface area contributed by atoms with Crippen molar-refractivity contribution >= 4 is 5.71 Å². The molecule has 0 aliphatic heterocycles. The Kier molecular flexibility index (Phi) is 8.42. The molecule has 1 fully saturated rings. The van der Waals surface area contributed by atoms with Crippen LogP contribution in [-0.4, -0.2) is 19.3 Å². The summed E-state index contributed by atoms with van der Waals surface area (Å²) in [7, 11) is 2.10. The maximum absolute atomic E-state index is 4.98. The Morgan fingerprint density at radius 2 is 1.96 bits per heavy atom. The molecule has 142 valence electrons. The molecule has 0 spiro atoms. The van der Waals surface area contributed by atoms with Crippen LogP contribution in [0.2, 0.25) is 0 Å². The Hall–Kier alpha value is -0.890. The van der Waals surface area contributed by atoms with E-state index >= 15 is 0 Å². The second-order valence-corrected chi connectivity index (χ2v) is 8.74. The molecule has 0 heterocycles. The number of nitrogens with zero attached hydrogens (tertiary/aromatic N) is 1. The Labute approximate surface area is 156 Å². The third-order valence-corrected chi connectivity index (χ3v) is 6.31. The van der Waals surface area contributed by atoms with Crippen molar-refractivity contribution in [3.63, 3.8) is 0 Å². The van der Waals surface area contributed by atoms with Crippen molar-refractivity contribution in [1.82, 2.24) is 5.32 Å². The molecule has 1 saturated carbocycles. The van der Waals surface area contributed by atoms with E-state index in [0.717, 1.165) is 30.7 Å². The van der Waals surface area contributed by atoms with Gasteiger partial charge in [-0.1, -0.05) is 52.0 Å². The minimum Gasteiger partial charge on any atom is -0.319 e. The van der Waals surface area contributed by atoms with E-state index in [0.29, 0.717) is 5.92 Å². The van der Waals surface area contributed by atoms with Gasteiger partial charge < -0.3 is 5.32 Å². The Morgan fingerprint density at radius 1 is 1.24 bits per heavy atom. The summed E-state index contributed by atoms with van der Waals surface area (Å²) in [6, 6.07) is 0. The van der Waals surface area contributed by atoms with Gasteiger partial charge in [-0.05, 0) is 82.0 Å². The van der Waals surface area contributed by atoms with Crippen molar-refractivity contribution in [2.75, 3.05) is 13.6 Å². The molecule has 2 atom stereocenters. The average molecular weight is 345 g/mol. The number of aliphatic imine (C=N–C) groups is 1.